The van der Waals surface area contributed by atoms with E-state index >= 15 is 0 Å². The largest absolute Gasteiger partial charge is 0.460 e. The van der Waals surface area contributed by atoms with E-state index in [1.54, 1.807) is 0 Å². The fraction of sp³-hybridized carbons (Fsp3) is 0.381. The summed E-state index contributed by atoms with van der Waals surface area (Å²) < 4.78 is 227. The molecule has 0 saturated heterocycles. The molecule has 5 aromatic rings. The number of fused-ring (bicyclic) bond motifs is 4. The van der Waals surface area contributed by atoms with Gasteiger partial charge in [-0.15, -0.1) is 17.5 Å². The third kappa shape index (κ3) is 8.05. The predicted molar refractivity (Wildman–Crippen MR) is 204 cm³/mol. The highest BCUT2D eigenvalue weighted by Gasteiger charge is 2.95. The Bertz CT molecular complexity index is 2510. The second-order valence-corrected chi connectivity index (χ2v) is 20.4. The van der Waals surface area contributed by atoms with Crippen LogP contribution in [0.5, 0.6) is 0 Å². The molecule has 0 aliphatic heterocycles. The normalized spacial score (nSPS) is 14.0. The second-order valence-electron chi connectivity index (χ2n) is 15.0. The SMILES string of the molecule is C#C[Si](CCC(F)(F)C(F)(F)C(F)(F)C(F)(F)C(F)(F)C(F)(F)C(F)(F)C(F)(F)F)(C(C)C)C(C)C.[Si]C#Cc1cccc2cc3cc4cc5ccccc5cc4cc3cc12. The molecular weight excluding hydrogens is 884 g/mol. The number of hydrogen-bond acceptors (Lipinski definition) is 0. The van der Waals surface area contributed by atoms with Gasteiger partial charge in [0.2, 0.25) is 0 Å². The van der Waals surface area contributed by atoms with Gasteiger partial charge in [-0.1, -0.05) is 70.0 Å². The predicted octanol–water partition coefficient (Wildman–Crippen LogP) is 14.6. The van der Waals surface area contributed by atoms with Gasteiger partial charge in [0.1, 0.15) is 18.3 Å². The smallest absolute Gasteiger partial charge is 0.200 e. The van der Waals surface area contributed by atoms with Gasteiger partial charge in [0, 0.05) is 12.0 Å². The molecule has 5 rings (SSSR count). The molecule has 0 spiro atoms. The van der Waals surface area contributed by atoms with Gasteiger partial charge >= 0.3 is 47.6 Å². The summed E-state index contributed by atoms with van der Waals surface area (Å²) >= 11 is 0. The first-order valence-corrected chi connectivity index (χ1v) is 20.7. The third-order valence-corrected chi connectivity index (χ3v) is 16.7. The van der Waals surface area contributed by atoms with E-state index < -0.39 is 79.3 Å². The van der Waals surface area contributed by atoms with Crippen LogP contribution in [0.4, 0.5) is 74.6 Å². The molecular formula is C42H32F17Si2. The Morgan fingerprint density at radius 3 is 1.30 bits per heavy atom. The Labute approximate surface area is 342 Å². The molecule has 5 aromatic carbocycles. The summed E-state index contributed by atoms with van der Waals surface area (Å²) in [5, 5.41) is 10.0. The minimum absolute atomic E-state index is 0.707. The molecule has 0 amide bonds. The third-order valence-electron chi connectivity index (χ3n) is 10.8. The van der Waals surface area contributed by atoms with Crippen molar-refractivity contribution in [1.29, 1.82) is 0 Å². The Hall–Kier alpha value is -4.50. The second kappa shape index (κ2) is 16.3. The van der Waals surface area contributed by atoms with E-state index in [9.17, 15) is 74.6 Å². The zero-order chi connectivity index (χ0) is 46.6. The molecule has 0 aliphatic carbocycles. The summed E-state index contributed by atoms with van der Waals surface area (Å²) in [6.45, 7) is 5.31. The van der Waals surface area contributed by atoms with Crippen molar-refractivity contribution >= 4 is 61.4 Å². The fourth-order valence-corrected chi connectivity index (χ4v) is 11.2. The Morgan fingerprint density at radius 2 is 0.885 bits per heavy atom. The fourth-order valence-electron chi connectivity index (χ4n) is 7.01. The molecule has 3 radical (unpaired) electrons. The van der Waals surface area contributed by atoms with E-state index in [1.165, 1.54) is 70.8 Å². The first-order chi connectivity index (χ1) is 27.7. The van der Waals surface area contributed by atoms with E-state index in [0.29, 0.717) is 0 Å². The van der Waals surface area contributed by atoms with Crippen LogP contribution in [-0.4, -0.2) is 66.0 Å². The number of rotatable bonds is 11. The van der Waals surface area contributed by atoms with E-state index in [1.807, 2.05) is 0 Å². The van der Waals surface area contributed by atoms with Gasteiger partial charge in [0.25, 0.3) is 0 Å². The first kappa shape index (κ1) is 49.2. The molecule has 61 heavy (non-hydrogen) atoms. The minimum Gasteiger partial charge on any atom is -0.200 e. The monoisotopic (exact) mass is 915 g/mol. The van der Waals surface area contributed by atoms with Crippen molar-refractivity contribution in [3.05, 3.63) is 84.4 Å². The van der Waals surface area contributed by atoms with Gasteiger partial charge in [-0.3, -0.25) is 0 Å². The van der Waals surface area contributed by atoms with Crippen LogP contribution in [0.25, 0.3) is 43.1 Å². The van der Waals surface area contributed by atoms with E-state index in [-0.39, 0.29) is 0 Å². The van der Waals surface area contributed by atoms with Gasteiger partial charge in [0.15, 0.2) is 0 Å². The maximum Gasteiger partial charge on any atom is 0.460 e. The standard InChI is InChI=1S/C24H13Si.C18H19F17Si/c25-9-8-16-6-3-7-19-12-22-13-20-10-17-4-1-2-5-18(17)11-21(20)14-23(22)15-24(16)19;1-6-36(9(2)3,10(4)5)8-7-11(19,20)12(21,22)13(23,24)14(25,26)15(27,28)16(29,30)17(31,32)18(33,34)35/h1-7,10-15H;1,9-10H,7-8H2,2-5H3. The topological polar surface area (TPSA) is 0 Å². The van der Waals surface area contributed by atoms with Gasteiger partial charge < -0.3 is 0 Å². The number of benzene rings is 5. The highest BCUT2D eigenvalue weighted by atomic mass is 28.3. The summed E-state index contributed by atoms with van der Waals surface area (Å²) in [5.74, 6) is -53.0. The van der Waals surface area contributed by atoms with Gasteiger partial charge in [-0.05, 0) is 103 Å². The molecule has 0 fully saturated rings. The van der Waals surface area contributed by atoms with Crippen LogP contribution in [-0.2, 0) is 0 Å². The molecule has 19 heteroatoms. The first-order valence-electron chi connectivity index (χ1n) is 17.9. The number of alkyl halides is 17. The quantitative estimate of drug-likeness (QED) is 0.0536. The lowest BCUT2D eigenvalue weighted by Crippen LogP contribution is -2.74. The van der Waals surface area contributed by atoms with Crippen LogP contribution in [0.3, 0.4) is 0 Å². The zero-order valence-corrected chi connectivity index (χ0v) is 34.1. The molecule has 0 N–H and O–H groups in total. The van der Waals surface area contributed by atoms with Crippen LogP contribution in [0, 0.1) is 23.4 Å². The van der Waals surface area contributed by atoms with Crippen molar-refractivity contribution in [2.45, 2.75) is 98.9 Å². The molecule has 0 nitrogen and oxygen atoms in total. The lowest BCUT2D eigenvalue weighted by molar-refractivity contribution is -0.461. The van der Waals surface area contributed by atoms with Crippen molar-refractivity contribution in [3.63, 3.8) is 0 Å². The molecule has 0 bridgehead atoms. The molecule has 0 saturated carbocycles. The molecule has 327 valence electrons. The summed E-state index contributed by atoms with van der Waals surface area (Å²) in [4.78, 5) is 0. The van der Waals surface area contributed by atoms with Crippen molar-refractivity contribution in [2.75, 3.05) is 0 Å². The molecule has 0 aliphatic rings. The number of terminal acetylenes is 1. The molecule has 0 atom stereocenters. The lowest BCUT2D eigenvalue weighted by Gasteiger charge is -2.43. The highest BCUT2D eigenvalue weighted by Crippen LogP contribution is 2.64. The van der Waals surface area contributed by atoms with E-state index in [0.717, 1.165) is 5.56 Å². The average Bonchev–Trinajstić information content (AvgIpc) is 3.15. The van der Waals surface area contributed by atoms with Gasteiger partial charge in [-0.25, -0.2) is 0 Å². The van der Waals surface area contributed by atoms with Crippen molar-refractivity contribution < 1.29 is 74.6 Å². The number of hydrogen-bond donors (Lipinski definition) is 0. The van der Waals surface area contributed by atoms with Crippen LogP contribution >= 0.6 is 0 Å². The van der Waals surface area contributed by atoms with Crippen LogP contribution in [0.15, 0.2) is 78.9 Å². The maximum absolute atomic E-state index is 14.2. The van der Waals surface area contributed by atoms with E-state index in [4.69, 9.17) is 6.42 Å². The van der Waals surface area contributed by atoms with Crippen molar-refractivity contribution in [1.82, 2.24) is 0 Å². The minimum atomic E-state index is -8.62. The number of halogens is 17. The maximum atomic E-state index is 14.2. The molecule has 0 heterocycles. The summed E-state index contributed by atoms with van der Waals surface area (Å²) in [6, 6.07) is 27.3. The Kier molecular flexibility index (Phi) is 13.2. The van der Waals surface area contributed by atoms with E-state index in [2.05, 4.69) is 106 Å². The summed E-state index contributed by atoms with van der Waals surface area (Å²) in [7, 11) is -0.275. The van der Waals surface area contributed by atoms with Crippen LogP contribution in [0.1, 0.15) is 39.7 Å². The summed E-state index contributed by atoms with van der Waals surface area (Å²) in [5.41, 5.74) is 4.56. The molecule has 0 aromatic heterocycles. The Balaban J connectivity index is 0.000000282. The summed E-state index contributed by atoms with van der Waals surface area (Å²) in [6.07, 6.45) is -4.98. The zero-order valence-electron chi connectivity index (χ0n) is 32.1. The highest BCUT2D eigenvalue weighted by molar-refractivity contribution is 6.89. The van der Waals surface area contributed by atoms with Gasteiger partial charge in [-0.2, -0.15) is 74.6 Å². The average molecular weight is 916 g/mol. The van der Waals surface area contributed by atoms with Crippen LogP contribution in [0.2, 0.25) is 17.1 Å². The van der Waals surface area contributed by atoms with Crippen molar-refractivity contribution in [3.8, 4) is 23.4 Å². The van der Waals surface area contributed by atoms with Crippen LogP contribution < -0.4 is 0 Å². The van der Waals surface area contributed by atoms with Gasteiger partial charge in [0.05, 0.1) is 0 Å². The Morgan fingerprint density at radius 1 is 0.508 bits per heavy atom. The molecule has 0 unspecified atom stereocenters. The van der Waals surface area contributed by atoms with Crippen molar-refractivity contribution in [2.24, 2.45) is 0 Å². The lowest BCUT2D eigenvalue weighted by atomic mass is 9.88.